The maximum absolute atomic E-state index is 12.3. The summed E-state index contributed by atoms with van der Waals surface area (Å²) in [6, 6.07) is 22.2. The lowest BCUT2D eigenvalue weighted by molar-refractivity contribution is 0.0734. The number of esters is 1. The van der Waals surface area contributed by atoms with Crippen LogP contribution in [0, 0.1) is 11.3 Å². The van der Waals surface area contributed by atoms with Crippen molar-refractivity contribution in [3.05, 3.63) is 96.1 Å². The molecule has 36 heavy (non-hydrogen) atoms. The normalized spacial score (nSPS) is 13.8. The Labute approximate surface area is 207 Å². The standard InChI is InChI=1S/C27H22N6O3/c28-18-22(17-20-8-10-24(11-9-20)36-26(34)21-5-4-12-29-19-21)25-30-31-27(32-13-15-35-16-14-32)33(25)23-6-2-1-3-7-23/h1-12,17,19H,13-16H2/b22-17+. The van der Waals surface area contributed by atoms with Crippen LogP contribution in [0.15, 0.2) is 79.1 Å². The Morgan fingerprint density at radius 3 is 2.47 bits per heavy atom. The molecule has 1 fully saturated rings. The van der Waals surface area contributed by atoms with Crippen LogP contribution in [0.5, 0.6) is 5.75 Å². The second-order valence-corrected chi connectivity index (χ2v) is 7.96. The van der Waals surface area contributed by atoms with E-state index in [1.807, 2.05) is 34.9 Å². The van der Waals surface area contributed by atoms with E-state index < -0.39 is 5.97 Å². The van der Waals surface area contributed by atoms with E-state index in [1.165, 1.54) is 6.20 Å². The number of anilines is 1. The average molecular weight is 479 g/mol. The SMILES string of the molecule is N#C/C(=C\c1ccc(OC(=O)c2cccnc2)cc1)c1nnc(N2CCOCC2)n1-c1ccccc1. The quantitative estimate of drug-likeness (QED) is 0.234. The van der Waals surface area contributed by atoms with Gasteiger partial charge in [0.05, 0.1) is 30.0 Å². The molecule has 4 aromatic rings. The fourth-order valence-electron chi connectivity index (χ4n) is 3.83. The van der Waals surface area contributed by atoms with Gasteiger partial charge in [0.2, 0.25) is 5.95 Å². The second-order valence-electron chi connectivity index (χ2n) is 7.96. The Bertz CT molecular complexity index is 1400. The zero-order chi connectivity index (χ0) is 24.7. The number of allylic oxidation sites excluding steroid dienone is 1. The minimum atomic E-state index is -0.490. The summed E-state index contributed by atoms with van der Waals surface area (Å²) in [5.74, 6) is 1.01. The number of hydrogen-bond donors (Lipinski definition) is 0. The largest absolute Gasteiger partial charge is 0.423 e. The van der Waals surface area contributed by atoms with Crippen molar-refractivity contribution < 1.29 is 14.3 Å². The van der Waals surface area contributed by atoms with E-state index in [2.05, 4.69) is 26.2 Å². The number of nitrogens with zero attached hydrogens (tertiary/aromatic N) is 6. The Morgan fingerprint density at radius 2 is 1.78 bits per heavy atom. The van der Waals surface area contributed by atoms with Crippen LogP contribution >= 0.6 is 0 Å². The number of aromatic nitrogens is 4. The van der Waals surface area contributed by atoms with Crippen molar-refractivity contribution in [3.8, 4) is 17.5 Å². The van der Waals surface area contributed by atoms with Crippen molar-refractivity contribution in [2.75, 3.05) is 31.2 Å². The first-order valence-electron chi connectivity index (χ1n) is 11.4. The van der Waals surface area contributed by atoms with E-state index in [1.54, 1.807) is 48.7 Å². The predicted molar refractivity (Wildman–Crippen MR) is 134 cm³/mol. The molecular weight excluding hydrogens is 456 g/mol. The number of pyridine rings is 1. The fraction of sp³-hybridized carbons (Fsp3) is 0.148. The maximum atomic E-state index is 12.3. The van der Waals surface area contributed by atoms with E-state index in [0.717, 1.165) is 11.3 Å². The number of carbonyl (C=O) groups is 1. The van der Waals surface area contributed by atoms with E-state index in [0.29, 0.717) is 55.0 Å². The molecule has 0 atom stereocenters. The highest BCUT2D eigenvalue weighted by Gasteiger charge is 2.23. The molecule has 1 aliphatic rings. The van der Waals surface area contributed by atoms with Crippen molar-refractivity contribution in [1.29, 1.82) is 5.26 Å². The second kappa shape index (κ2) is 10.6. The lowest BCUT2D eigenvalue weighted by Crippen LogP contribution is -2.38. The minimum Gasteiger partial charge on any atom is -0.423 e. The zero-order valence-electron chi connectivity index (χ0n) is 19.3. The molecule has 0 spiro atoms. The topological polar surface area (TPSA) is 106 Å². The van der Waals surface area contributed by atoms with Crippen molar-refractivity contribution in [2.24, 2.45) is 0 Å². The predicted octanol–water partition coefficient (Wildman–Crippen LogP) is 3.78. The molecule has 0 aliphatic carbocycles. The van der Waals surface area contributed by atoms with Crippen LogP contribution in [0.3, 0.4) is 0 Å². The summed E-state index contributed by atoms with van der Waals surface area (Å²) in [5, 5.41) is 18.8. The van der Waals surface area contributed by atoms with Crippen molar-refractivity contribution in [1.82, 2.24) is 19.7 Å². The number of nitriles is 1. The lowest BCUT2D eigenvalue weighted by atomic mass is 10.1. The molecule has 178 valence electrons. The zero-order valence-corrected chi connectivity index (χ0v) is 19.3. The summed E-state index contributed by atoms with van der Waals surface area (Å²) >= 11 is 0. The van der Waals surface area contributed by atoms with Crippen molar-refractivity contribution in [3.63, 3.8) is 0 Å². The highest BCUT2D eigenvalue weighted by molar-refractivity contribution is 5.91. The van der Waals surface area contributed by atoms with Gasteiger partial charge in [-0.1, -0.05) is 30.3 Å². The molecule has 5 rings (SSSR count). The third kappa shape index (κ3) is 4.99. The lowest BCUT2D eigenvalue weighted by Gasteiger charge is -2.28. The third-order valence-electron chi connectivity index (χ3n) is 5.61. The molecule has 0 amide bonds. The monoisotopic (exact) mass is 478 g/mol. The fourth-order valence-corrected chi connectivity index (χ4v) is 3.83. The van der Waals surface area contributed by atoms with Crippen LogP contribution in [-0.2, 0) is 4.74 Å². The van der Waals surface area contributed by atoms with Crippen LogP contribution in [0.2, 0.25) is 0 Å². The van der Waals surface area contributed by atoms with Gasteiger partial charge in [0.15, 0.2) is 5.82 Å². The molecule has 9 nitrogen and oxygen atoms in total. The van der Waals surface area contributed by atoms with Crippen molar-refractivity contribution in [2.45, 2.75) is 0 Å². The summed E-state index contributed by atoms with van der Waals surface area (Å²) in [4.78, 5) is 18.3. The smallest absolute Gasteiger partial charge is 0.345 e. The number of benzene rings is 2. The van der Waals surface area contributed by atoms with Crippen LogP contribution in [-0.4, -0.2) is 52.0 Å². The van der Waals surface area contributed by atoms with E-state index in [4.69, 9.17) is 9.47 Å². The van der Waals surface area contributed by atoms with Gasteiger partial charge in [-0.2, -0.15) is 5.26 Å². The van der Waals surface area contributed by atoms with Gasteiger partial charge in [-0.05, 0) is 48.0 Å². The van der Waals surface area contributed by atoms with Gasteiger partial charge in [0, 0.05) is 25.5 Å². The summed E-state index contributed by atoms with van der Waals surface area (Å²) in [6.45, 7) is 2.59. The molecule has 3 heterocycles. The molecule has 1 saturated heterocycles. The highest BCUT2D eigenvalue weighted by atomic mass is 16.5. The summed E-state index contributed by atoms with van der Waals surface area (Å²) in [5.41, 5.74) is 2.33. The van der Waals surface area contributed by atoms with Gasteiger partial charge >= 0.3 is 5.97 Å². The van der Waals surface area contributed by atoms with Gasteiger partial charge < -0.3 is 14.4 Å². The Kier molecular flexibility index (Phi) is 6.78. The van der Waals surface area contributed by atoms with Gasteiger partial charge in [-0.25, -0.2) is 4.79 Å². The number of rotatable bonds is 6. The molecule has 0 saturated carbocycles. The summed E-state index contributed by atoms with van der Waals surface area (Å²) in [7, 11) is 0. The van der Waals surface area contributed by atoms with E-state index in [-0.39, 0.29) is 0 Å². The van der Waals surface area contributed by atoms with Gasteiger partial charge in [0.25, 0.3) is 0 Å². The molecule has 1 aliphatic heterocycles. The Hall–Kier alpha value is -4.81. The number of carbonyl (C=O) groups excluding carboxylic acids is 1. The van der Waals surface area contributed by atoms with E-state index in [9.17, 15) is 10.1 Å². The number of morpholine rings is 1. The molecule has 0 radical (unpaired) electrons. The average Bonchev–Trinajstić information content (AvgIpc) is 3.39. The minimum absolute atomic E-state index is 0.353. The van der Waals surface area contributed by atoms with Gasteiger partial charge in [0.1, 0.15) is 11.8 Å². The van der Waals surface area contributed by atoms with Gasteiger partial charge in [-0.3, -0.25) is 9.55 Å². The number of hydrogen-bond acceptors (Lipinski definition) is 8. The first kappa shape index (κ1) is 23.0. The molecule has 0 unspecified atom stereocenters. The molecule has 2 aromatic heterocycles. The number of para-hydroxylation sites is 1. The first-order valence-corrected chi connectivity index (χ1v) is 11.4. The van der Waals surface area contributed by atoms with Crippen LogP contribution in [0.4, 0.5) is 5.95 Å². The highest BCUT2D eigenvalue weighted by Crippen LogP contribution is 2.27. The summed E-state index contributed by atoms with van der Waals surface area (Å²) < 4.78 is 12.8. The van der Waals surface area contributed by atoms with Crippen LogP contribution < -0.4 is 9.64 Å². The molecular formula is C27H22N6O3. The van der Waals surface area contributed by atoms with Crippen LogP contribution in [0.1, 0.15) is 21.7 Å². The first-order chi connectivity index (χ1) is 17.7. The maximum Gasteiger partial charge on any atom is 0.345 e. The molecule has 9 heteroatoms. The van der Waals surface area contributed by atoms with Crippen LogP contribution in [0.25, 0.3) is 17.3 Å². The van der Waals surface area contributed by atoms with E-state index >= 15 is 0 Å². The molecule has 0 bridgehead atoms. The summed E-state index contributed by atoms with van der Waals surface area (Å²) in [6.07, 6.45) is 4.78. The molecule has 0 N–H and O–H groups in total. The third-order valence-corrected chi connectivity index (χ3v) is 5.61. The molecule has 2 aromatic carbocycles. The van der Waals surface area contributed by atoms with Gasteiger partial charge in [-0.15, -0.1) is 10.2 Å². The number of ether oxygens (including phenoxy) is 2. The Morgan fingerprint density at radius 1 is 1.00 bits per heavy atom. The Balaban J connectivity index is 1.44. The van der Waals surface area contributed by atoms with Crippen molar-refractivity contribution >= 4 is 23.6 Å².